The molecular formula is C13H16N4O. The van der Waals surface area contributed by atoms with E-state index >= 15 is 0 Å². The monoisotopic (exact) mass is 244 g/mol. The van der Waals surface area contributed by atoms with Crippen LogP contribution in [0.3, 0.4) is 0 Å². The molecule has 5 nitrogen and oxygen atoms in total. The summed E-state index contributed by atoms with van der Waals surface area (Å²) in [5.74, 6) is -0.0165. The molecule has 1 amide bonds. The van der Waals surface area contributed by atoms with Crippen LogP contribution in [0.1, 0.15) is 21.7 Å². The van der Waals surface area contributed by atoms with Gasteiger partial charge in [0, 0.05) is 37.6 Å². The highest BCUT2D eigenvalue weighted by Crippen LogP contribution is 2.07. The number of pyridine rings is 1. The Bertz CT molecular complexity index is 521. The van der Waals surface area contributed by atoms with Crippen LogP contribution in [0, 0.1) is 6.92 Å². The molecule has 0 unspecified atom stereocenters. The van der Waals surface area contributed by atoms with E-state index in [1.165, 1.54) is 0 Å². The van der Waals surface area contributed by atoms with Gasteiger partial charge in [0.25, 0.3) is 5.91 Å². The average Bonchev–Trinajstić information content (AvgIpc) is 2.82. The number of carbonyl (C=O) groups is 1. The van der Waals surface area contributed by atoms with Gasteiger partial charge < -0.3 is 4.90 Å². The minimum atomic E-state index is -0.0165. The van der Waals surface area contributed by atoms with Crippen LogP contribution in [0.25, 0.3) is 0 Å². The molecule has 0 aromatic carbocycles. The molecule has 0 spiro atoms. The molecule has 0 aliphatic rings. The highest BCUT2D eigenvalue weighted by molar-refractivity contribution is 5.94. The number of aromatic amines is 1. The number of likely N-dealkylation sites (N-methyl/N-ethyl adjacent to an activating group) is 1. The van der Waals surface area contributed by atoms with Gasteiger partial charge in [0.05, 0.1) is 11.8 Å². The van der Waals surface area contributed by atoms with Crippen LogP contribution in [0.4, 0.5) is 0 Å². The fourth-order valence-electron chi connectivity index (χ4n) is 1.70. The fraction of sp³-hybridized carbons (Fsp3) is 0.308. The van der Waals surface area contributed by atoms with Crippen molar-refractivity contribution in [2.45, 2.75) is 13.3 Å². The van der Waals surface area contributed by atoms with Gasteiger partial charge in [0.2, 0.25) is 0 Å². The van der Waals surface area contributed by atoms with E-state index in [1.807, 2.05) is 25.1 Å². The van der Waals surface area contributed by atoms with Crippen molar-refractivity contribution >= 4 is 5.91 Å². The summed E-state index contributed by atoms with van der Waals surface area (Å²) < 4.78 is 0. The zero-order valence-corrected chi connectivity index (χ0v) is 10.6. The largest absolute Gasteiger partial charge is 0.341 e. The highest BCUT2D eigenvalue weighted by atomic mass is 16.2. The fourth-order valence-corrected chi connectivity index (χ4v) is 1.70. The number of hydrogen-bond acceptors (Lipinski definition) is 3. The van der Waals surface area contributed by atoms with Crippen molar-refractivity contribution in [2.75, 3.05) is 13.6 Å². The lowest BCUT2D eigenvalue weighted by molar-refractivity contribution is 0.0795. The van der Waals surface area contributed by atoms with Crippen LogP contribution in [0.2, 0.25) is 0 Å². The number of rotatable bonds is 4. The highest BCUT2D eigenvalue weighted by Gasteiger charge is 2.15. The van der Waals surface area contributed by atoms with E-state index in [1.54, 1.807) is 24.3 Å². The Morgan fingerprint density at radius 1 is 1.44 bits per heavy atom. The third kappa shape index (κ3) is 2.74. The summed E-state index contributed by atoms with van der Waals surface area (Å²) in [5, 5.41) is 6.63. The van der Waals surface area contributed by atoms with Gasteiger partial charge in [0.1, 0.15) is 0 Å². The molecule has 0 fully saturated rings. The summed E-state index contributed by atoms with van der Waals surface area (Å²) in [7, 11) is 1.79. The Kier molecular flexibility index (Phi) is 3.72. The van der Waals surface area contributed by atoms with Gasteiger partial charge in [-0.2, -0.15) is 5.10 Å². The van der Waals surface area contributed by atoms with Crippen LogP contribution in [0.5, 0.6) is 0 Å². The van der Waals surface area contributed by atoms with Gasteiger partial charge in [-0.1, -0.05) is 6.07 Å². The number of aromatic nitrogens is 3. The van der Waals surface area contributed by atoms with E-state index in [0.717, 1.165) is 17.8 Å². The number of carbonyl (C=O) groups excluding carboxylic acids is 1. The van der Waals surface area contributed by atoms with Gasteiger partial charge in [-0.3, -0.25) is 14.9 Å². The van der Waals surface area contributed by atoms with Gasteiger partial charge >= 0.3 is 0 Å². The molecule has 0 atom stereocenters. The maximum absolute atomic E-state index is 12.1. The Balaban J connectivity index is 1.95. The molecule has 0 aliphatic carbocycles. The number of amides is 1. The van der Waals surface area contributed by atoms with Crippen molar-refractivity contribution in [1.29, 1.82) is 0 Å². The van der Waals surface area contributed by atoms with E-state index in [0.29, 0.717) is 12.1 Å². The predicted octanol–water partition coefficient (Wildman–Crippen LogP) is 1.43. The molecule has 18 heavy (non-hydrogen) atoms. The van der Waals surface area contributed by atoms with Crippen molar-refractivity contribution in [3.05, 3.63) is 47.5 Å². The first-order valence-corrected chi connectivity index (χ1v) is 5.84. The zero-order valence-electron chi connectivity index (χ0n) is 10.6. The summed E-state index contributed by atoms with van der Waals surface area (Å²) in [6.45, 7) is 2.48. The van der Waals surface area contributed by atoms with Gasteiger partial charge in [0.15, 0.2) is 0 Å². The minimum Gasteiger partial charge on any atom is -0.341 e. The van der Waals surface area contributed by atoms with Gasteiger partial charge in [-0.05, 0) is 19.1 Å². The molecule has 1 N–H and O–H groups in total. The molecule has 2 aromatic rings. The Hall–Kier alpha value is -2.17. The number of nitrogens with zero attached hydrogens (tertiary/aromatic N) is 3. The zero-order chi connectivity index (χ0) is 13.0. The molecule has 0 saturated carbocycles. The normalized spacial score (nSPS) is 10.3. The van der Waals surface area contributed by atoms with E-state index in [2.05, 4.69) is 15.2 Å². The van der Waals surface area contributed by atoms with Crippen LogP contribution in [-0.2, 0) is 6.42 Å². The summed E-state index contributed by atoms with van der Waals surface area (Å²) in [4.78, 5) is 18.0. The maximum atomic E-state index is 12.1. The van der Waals surface area contributed by atoms with E-state index in [9.17, 15) is 4.79 Å². The first-order chi connectivity index (χ1) is 8.68. The van der Waals surface area contributed by atoms with E-state index in [4.69, 9.17) is 0 Å². The first kappa shape index (κ1) is 12.3. The van der Waals surface area contributed by atoms with Crippen LogP contribution < -0.4 is 0 Å². The predicted molar refractivity (Wildman–Crippen MR) is 68.2 cm³/mol. The van der Waals surface area contributed by atoms with Crippen molar-refractivity contribution in [3.8, 4) is 0 Å². The molecule has 2 rings (SSSR count). The molecule has 2 aromatic heterocycles. The van der Waals surface area contributed by atoms with Crippen LogP contribution >= 0.6 is 0 Å². The van der Waals surface area contributed by atoms with Crippen LogP contribution in [-0.4, -0.2) is 39.6 Å². The summed E-state index contributed by atoms with van der Waals surface area (Å²) in [5.41, 5.74) is 2.41. The number of hydrogen-bond donors (Lipinski definition) is 1. The third-order valence-electron chi connectivity index (χ3n) is 2.84. The Morgan fingerprint density at radius 2 is 2.28 bits per heavy atom. The number of aryl methyl sites for hydroxylation is 1. The molecule has 5 heteroatoms. The number of H-pyrrole nitrogens is 1. The Labute approximate surface area is 106 Å². The SMILES string of the molecule is Cc1[nH]ncc1C(=O)N(C)CCc1ccccn1. The summed E-state index contributed by atoms with van der Waals surface area (Å²) in [6.07, 6.45) is 4.08. The van der Waals surface area contributed by atoms with Crippen molar-refractivity contribution in [3.63, 3.8) is 0 Å². The number of nitrogens with one attached hydrogen (secondary N) is 1. The minimum absolute atomic E-state index is 0.0165. The molecule has 0 aliphatic heterocycles. The summed E-state index contributed by atoms with van der Waals surface area (Å²) in [6, 6.07) is 5.79. The Morgan fingerprint density at radius 3 is 2.89 bits per heavy atom. The first-order valence-electron chi connectivity index (χ1n) is 5.84. The maximum Gasteiger partial charge on any atom is 0.257 e. The third-order valence-corrected chi connectivity index (χ3v) is 2.84. The lowest BCUT2D eigenvalue weighted by Crippen LogP contribution is -2.29. The summed E-state index contributed by atoms with van der Waals surface area (Å²) >= 11 is 0. The molecule has 94 valence electrons. The topological polar surface area (TPSA) is 61.9 Å². The second kappa shape index (κ2) is 5.44. The second-order valence-corrected chi connectivity index (χ2v) is 4.21. The van der Waals surface area contributed by atoms with Gasteiger partial charge in [-0.15, -0.1) is 0 Å². The van der Waals surface area contributed by atoms with Gasteiger partial charge in [-0.25, -0.2) is 0 Å². The van der Waals surface area contributed by atoms with Crippen molar-refractivity contribution < 1.29 is 4.79 Å². The standard InChI is InChI=1S/C13H16N4O/c1-10-12(9-15-16-10)13(18)17(2)8-6-11-5-3-4-7-14-11/h3-5,7,9H,6,8H2,1-2H3,(H,15,16). The van der Waals surface area contributed by atoms with Crippen molar-refractivity contribution in [1.82, 2.24) is 20.1 Å². The van der Waals surface area contributed by atoms with Crippen molar-refractivity contribution in [2.24, 2.45) is 0 Å². The average molecular weight is 244 g/mol. The van der Waals surface area contributed by atoms with Crippen LogP contribution in [0.15, 0.2) is 30.6 Å². The molecule has 0 bridgehead atoms. The second-order valence-electron chi connectivity index (χ2n) is 4.21. The van der Waals surface area contributed by atoms with E-state index < -0.39 is 0 Å². The molecule has 0 saturated heterocycles. The molecule has 2 heterocycles. The smallest absolute Gasteiger partial charge is 0.257 e. The quantitative estimate of drug-likeness (QED) is 0.885. The van der Waals surface area contributed by atoms with E-state index in [-0.39, 0.29) is 5.91 Å². The molecular weight excluding hydrogens is 228 g/mol. The lowest BCUT2D eigenvalue weighted by Gasteiger charge is -2.16. The lowest BCUT2D eigenvalue weighted by atomic mass is 10.2. The molecule has 0 radical (unpaired) electrons.